The Morgan fingerprint density at radius 1 is 1.05 bits per heavy atom. The van der Waals surface area contributed by atoms with Gasteiger partial charge >= 0.3 is 0 Å². The van der Waals surface area contributed by atoms with Gasteiger partial charge < -0.3 is 25.2 Å². The molecular weight excluding hydrogens is 480 g/mol. The highest BCUT2D eigenvalue weighted by Gasteiger charge is 2.20. The van der Waals surface area contributed by atoms with Gasteiger partial charge in [-0.3, -0.25) is 9.48 Å². The summed E-state index contributed by atoms with van der Waals surface area (Å²) in [5, 5.41) is 11.7. The molecular formula is C28H32N8O2. The van der Waals surface area contributed by atoms with Gasteiger partial charge in [-0.15, -0.1) is 0 Å². The minimum Gasteiger partial charge on any atom is -0.494 e. The zero-order valence-electron chi connectivity index (χ0n) is 21.9. The lowest BCUT2D eigenvalue weighted by molar-refractivity contribution is -0.111. The summed E-state index contributed by atoms with van der Waals surface area (Å²) < 4.78 is 7.61. The topological polar surface area (TPSA) is 100 Å². The largest absolute Gasteiger partial charge is 0.494 e. The molecule has 38 heavy (non-hydrogen) atoms. The number of benzene rings is 2. The molecule has 1 aliphatic rings. The highest BCUT2D eigenvalue weighted by atomic mass is 16.5. The molecule has 196 valence electrons. The summed E-state index contributed by atoms with van der Waals surface area (Å²) in [5.41, 5.74) is 5.05. The first kappa shape index (κ1) is 25.2. The number of hydrogen-bond donors (Lipinski definition) is 2. The van der Waals surface area contributed by atoms with Crippen molar-refractivity contribution in [2.45, 2.75) is 6.42 Å². The number of anilines is 4. The maximum Gasteiger partial charge on any atom is 0.247 e. The molecule has 0 unspecified atom stereocenters. The van der Waals surface area contributed by atoms with Crippen LogP contribution in [0.2, 0.25) is 0 Å². The molecule has 1 aliphatic heterocycles. The normalized spacial score (nSPS) is 14.2. The highest BCUT2D eigenvalue weighted by Crippen LogP contribution is 2.39. The number of amides is 1. The third kappa shape index (κ3) is 5.30. The van der Waals surface area contributed by atoms with E-state index in [4.69, 9.17) is 4.74 Å². The maximum absolute atomic E-state index is 12.3. The number of rotatable bonds is 7. The molecule has 0 bridgehead atoms. The zero-order valence-corrected chi connectivity index (χ0v) is 21.9. The number of nitrogens with zero attached hydrogens (tertiary/aromatic N) is 6. The van der Waals surface area contributed by atoms with Gasteiger partial charge in [-0.05, 0) is 44.3 Å². The fraction of sp³-hybridized carbons (Fsp3) is 0.286. The van der Waals surface area contributed by atoms with Gasteiger partial charge in [0.2, 0.25) is 5.91 Å². The molecule has 10 heteroatoms. The third-order valence-electron chi connectivity index (χ3n) is 6.79. The number of nitrogens with one attached hydrogen (secondary N) is 2. The van der Waals surface area contributed by atoms with E-state index in [1.807, 2.05) is 48.3 Å². The van der Waals surface area contributed by atoms with Crippen molar-refractivity contribution >= 4 is 39.7 Å². The van der Waals surface area contributed by atoms with Crippen molar-refractivity contribution in [3.8, 4) is 17.0 Å². The molecule has 1 saturated heterocycles. The molecule has 10 nitrogen and oxygen atoms in total. The van der Waals surface area contributed by atoms with E-state index in [1.54, 1.807) is 7.11 Å². The van der Waals surface area contributed by atoms with Gasteiger partial charge in [0.15, 0.2) is 0 Å². The van der Waals surface area contributed by atoms with E-state index < -0.39 is 0 Å². The first-order valence-electron chi connectivity index (χ1n) is 12.6. The number of carbonyl (C=O) groups excluding carboxylic acids is 1. The first-order chi connectivity index (χ1) is 18.4. The summed E-state index contributed by atoms with van der Waals surface area (Å²) in [5.74, 6) is 0.972. The summed E-state index contributed by atoms with van der Waals surface area (Å²) in [6, 6.07) is 11.8. The van der Waals surface area contributed by atoms with Gasteiger partial charge in [0.1, 0.15) is 17.9 Å². The second-order valence-corrected chi connectivity index (χ2v) is 9.36. The average Bonchev–Trinajstić information content (AvgIpc) is 3.16. The minimum atomic E-state index is -0.274. The molecule has 0 radical (unpaired) electrons. The number of likely N-dealkylation sites (N-methyl/N-ethyl adjacent to an activating group) is 1. The average molecular weight is 513 g/mol. The highest BCUT2D eigenvalue weighted by molar-refractivity contribution is 6.02. The Balaban J connectivity index is 1.48. The number of ether oxygens (including phenoxy) is 1. The smallest absolute Gasteiger partial charge is 0.247 e. The molecule has 0 atom stereocenters. The van der Waals surface area contributed by atoms with Crippen molar-refractivity contribution in [3.05, 3.63) is 61.6 Å². The van der Waals surface area contributed by atoms with Crippen LogP contribution in [0.1, 0.15) is 6.42 Å². The van der Waals surface area contributed by atoms with Crippen LogP contribution < -0.4 is 20.3 Å². The second kappa shape index (κ2) is 10.9. The lowest BCUT2D eigenvalue weighted by Gasteiger charge is -2.27. The van der Waals surface area contributed by atoms with E-state index in [0.717, 1.165) is 60.4 Å². The van der Waals surface area contributed by atoms with E-state index >= 15 is 0 Å². The van der Waals surface area contributed by atoms with Crippen molar-refractivity contribution < 1.29 is 9.53 Å². The van der Waals surface area contributed by atoms with Gasteiger partial charge in [-0.1, -0.05) is 12.6 Å². The summed E-state index contributed by atoms with van der Waals surface area (Å²) in [4.78, 5) is 25.8. The van der Waals surface area contributed by atoms with E-state index in [1.165, 1.54) is 12.4 Å². The van der Waals surface area contributed by atoms with Crippen LogP contribution in [0.4, 0.5) is 22.9 Å². The lowest BCUT2D eigenvalue weighted by Crippen LogP contribution is -2.29. The Kier molecular flexibility index (Phi) is 7.23. The fourth-order valence-electron chi connectivity index (χ4n) is 4.71. The number of hydrogen-bond acceptors (Lipinski definition) is 8. The van der Waals surface area contributed by atoms with Gasteiger partial charge in [-0.25, -0.2) is 9.97 Å². The Labute approximate surface area is 221 Å². The van der Waals surface area contributed by atoms with E-state index in [2.05, 4.69) is 55.2 Å². The summed E-state index contributed by atoms with van der Waals surface area (Å²) in [6.07, 6.45) is 5.67. The number of aryl methyl sites for hydroxylation is 1. The molecule has 2 N–H and O–H groups in total. The van der Waals surface area contributed by atoms with Crippen LogP contribution in [0.3, 0.4) is 0 Å². The second-order valence-electron chi connectivity index (χ2n) is 9.36. The van der Waals surface area contributed by atoms with Crippen LogP contribution in [0.5, 0.6) is 5.75 Å². The van der Waals surface area contributed by atoms with Crippen LogP contribution in [-0.2, 0) is 11.8 Å². The SMILES string of the molecule is C=CC(=O)Nc1cc(Nc2cc(-c3ccc4c(cnn4C)c3)ncn2)c(OC)cc1N1CCCN(C)CC1. The molecule has 0 spiro atoms. The summed E-state index contributed by atoms with van der Waals surface area (Å²) in [6.45, 7) is 7.31. The Morgan fingerprint density at radius 2 is 1.92 bits per heavy atom. The molecule has 2 aromatic carbocycles. The Morgan fingerprint density at radius 3 is 2.74 bits per heavy atom. The van der Waals surface area contributed by atoms with Gasteiger partial charge in [-0.2, -0.15) is 5.10 Å². The van der Waals surface area contributed by atoms with Gasteiger partial charge in [0.05, 0.1) is 41.6 Å². The lowest BCUT2D eigenvalue weighted by atomic mass is 10.1. The number of carbonyl (C=O) groups is 1. The van der Waals surface area contributed by atoms with Crippen LogP contribution in [0.15, 0.2) is 61.6 Å². The van der Waals surface area contributed by atoms with Crippen molar-refractivity contribution in [2.75, 3.05) is 55.9 Å². The van der Waals surface area contributed by atoms with Crippen molar-refractivity contribution in [2.24, 2.45) is 7.05 Å². The number of aromatic nitrogens is 4. The number of methoxy groups -OCH3 is 1. The molecule has 3 heterocycles. The molecule has 1 amide bonds. The molecule has 0 aliphatic carbocycles. The third-order valence-corrected chi connectivity index (χ3v) is 6.79. The Hall–Kier alpha value is -4.44. The Bertz CT molecular complexity index is 1480. The maximum atomic E-state index is 12.3. The zero-order chi connectivity index (χ0) is 26.6. The fourth-order valence-corrected chi connectivity index (χ4v) is 4.71. The van der Waals surface area contributed by atoms with Crippen LogP contribution in [0.25, 0.3) is 22.2 Å². The minimum absolute atomic E-state index is 0.274. The van der Waals surface area contributed by atoms with E-state index in [9.17, 15) is 4.79 Å². The predicted octanol–water partition coefficient (Wildman–Crippen LogP) is 4.05. The monoisotopic (exact) mass is 512 g/mol. The molecule has 0 saturated carbocycles. The first-order valence-corrected chi connectivity index (χ1v) is 12.6. The van der Waals surface area contributed by atoms with Crippen LogP contribution in [-0.4, -0.2) is 70.9 Å². The summed E-state index contributed by atoms with van der Waals surface area (Å²) >= 11 is 0. The number of fused-ring (bicyclic) bond motifs is 1. The van der Waals surface area contributed by atoms with Crippen molar-refractivity contribution in [1.29, 1.82) is 0 Å². The van der Waals surface area contributed by atoms with Gasteiger partial charge in [0.25, 0.3) is 0 Å². The molecule has 2 aromatic heterocycles. The van der Waals surface area contributed by atoms with Gasteiger partial charge in [0, 0.05) is 49.8 Å². The standard InChI is InChI=1S/C28H32N8O2/c1-5-28(37)33-22-14-23(26(38-4)16-25(22)36-10-6-9-34(2)11-12-36)32-27-15-21(29-18-30-27)19-7-8-24-20(13-19)17-31-35(24)3/h5,7-8,13-18H,1,6,9-12H2,2-4H3,(H,33,37)(H,29,30,32). The molecule has 5 rings (SSSR count). The van der Waals surface area contributed by atoms with Crippen LogP contribution in [0, 0.1) is 0 Å². The van der Waals surface area contributed by atoms with Crippen molar-refractivity contribution in [1.82, 2.24) is 24.6 Å². The quantitative estimate of drug-likeness (QED) is 0.358. The molecule has 1 fully saturated rings. The molecule has 4 aromatic rings. The van der Waals surface area contributed by atoms with Crippen molar-refractivity contribution in [3.63, 3.8) is 0 Å². The van der Waals surface area contributed by atoms with E-state index in [0.29, 0.717) is 22.9 Å². The summed E-state index contributed by atoms with van der Waals surface area (Å²) in [7, 11) is 5.68. The van der Waals surface area contributed by atoms with Crippen LogP contribution >= 0.6 is 0 Å². The predicted molar refractivity (Wildman–Crippen MR) is 151 cm³/mol. The van der Waals surface area contributed by atoms with E-state index in [-0.39, 0.29) is 5.91 Å².